The van der Waals surface area contributed by atoms with E-state index in [1.165, 1.54) is 12.1 Å². The van der Waals surface area contributed by atoms with Gasteiger partial charge in [0.1, 0.15) is 10.8 Å². The Balaban J connectivity index is 1.44. The molecule has 1 fully saturated rings. The predicted octanol–water partition coefficient (Wildman–Crippen LogP) is 5.06. The summed E-state index contributed by atoms with van der Waals surface area (Å²) in [6, 6.07) is 13.8. The van der Waals surface area contributed by atoms with Gasteiger partial charge in [-0.1, -0.05) is 12.1 Å². The van der Waals surface area contributed by atoms with Gasteiger partial charge in [0.25, 0.3) is 0 Å². The van der Waals surface area contributed by atoms with E-state index >= 15 is 0 Å². The summed E-state index contributed by atoms with van der Waals surface area (Å²) in [5.74, 6) is -0.0815. The zero-order chi connectivity index (χ0) is 20.4. The minimum absolute atomic E-state index is 0.0569. The van der Waals surface area contributed by atoms with E-state index in [2.05, 4.69) is 21.0 Å². The highest BCUT2D eigenvalue weighted by Crippen LogP contribution is 2.37. The number of para-hydroxylation sites is 1. The summed E-state index contributed by atoms with van der Waals surface area (Å²) in [6.07, 6.45) is 1.98. The van der Waals surface area contributed by atoms with Crippen LogP contribution in [0.4, 0.5) is 14.5 Å². The fourth-order valence-electron chi connectivity index (χ4n) is 3.67. The first-order valence-electron chi connectivity index (χ1n) is 9.48. The van der Waals surface area contributed by atoms with Crippen molar-refractivity contribution in [3.63, 3.8) is 0 Å². The average molecular weight is 417 g/mol. The van der Waals surface area contributed by atoms with E-state index in [9.17, 15) is 13.6 Å². The molecule has 0 radical (unpaired) electrons. The minimum atomic E-state index is -2.87. The molecule has 0 aliphatic carbocycles. The van der Waals surface area contributed by atoms with E-state index < -0.39 is 6.61 Å². The van der Waals surface area contributed by atoms with E-state index in [-0.39, 0.29) is 23.7 Å². The van der Waals surface area contributed by atoms with Gasteiger partial charge in [-0.25, -0.2) is 4.98 Å². The third kappa shape index (κ3) is 4.38. The van der Waals surface area contributed by atoms with Gasteiger partial charge in [-0.2, -0.15) is 8.78 Å². The molecule has 2 heterocycles. The van der Waals surface area contributed by atoms with E-state index in [0.29, 0.717) is 5.69 Å². The van der Waals surface area contributed by atoms with Crippen LogP contribution in [0, 0.1) is 0 Å². The number of aromatic nitrogens is 1. The van der Waals surface area contributed by atoms with Crippen LogP contribution in [0.1, 0.15) is 30.8 Å². The number of carbonyl (C=O) groups excluding carboxylic acids is 1. The lowest BCUT2D eigenvalue weighted by atomic mass is 10.2. The molecule has 2 unspecified atom stereocenters. The molecule has 1 N–H and O–H groups in total. The van der Waals surface area contributed by atoms with Crippen LogP contribution in [0.15, 0.2) is 48.5 Å². The smallest absolute Gasteiger partial charge is 0.387 e. The summed E-state index contributed by atoms with van der Waals surface area (Å²) < 4.78 is 30.0. The molecule has 152 valence electrons. The molecule has 0 saturated carbocycles. The van der Waals surface area contributed by atoms with Gasteiger partial charge < -0.3 is 10.1 Å². The number of amides is 1. The highest BCUT2D eigenvalue weighted by atomic mass is 32.1. The summed E-state index contributed by atoms with van der Waals surface area (Å²) >= 11 is 1.68. The van der Waals surface area contributed by atoms with E-state index in [4.69, 9.17) is 4.98 Å². The van der Waals surface area contributed by atoms with Crippen LogP contribution < -0.4 is 10.1 Å². The first-order chi connectivity index (χ1) is 14.0. The average Bonchev–Trinajstić information content (AvgIpc) is 3.35. The van der Waals surface area contributed by atoms with Crippen LogP contribution in [0.3, 0.4) is 0 Å². The lowest BCUT2D eigenvalue weighted by Crippen LogP contribution is -2.41. The van der Waals surface area contributed by atoms with Crippen LogP contribution in [-0.4, -0.2) is 35.0 Å². The van der Waals surface area contributed by atoms with Crippen LogP contribution >= 0.6 is 11.3 Å². The van der Waals surface area contributed by atoms with E-state index in [0.717, 1.165) is 34.6 Å². The van der Waals surface area contributed by atoms with Crippen molar-refractivity contribution in [3.8, 4) is 5.75 Å². The molecule has 1 aliphatic rings. The normalized spacial score (nSPS) is 18.3. The molecule has 1 aliphatic heterocycles. The van der Waals surface area contributed by atoms with Crippen LogP contribution in [0.25, 0.3) is 10.2 Å². The van der Waals surface area contributed by atoms with Crippen molar-refractivity contribution in [2.45, 2.75) is 38.5 Å². The number of ether oxygens (including phenoxy) is 1. The summed E-state index contributed by atoms with van der Waals surface area (Å²) in [5, 5.41) is 3.90. The lowest BCUT2D eigenvalue weighted by molar-refractivity contribution is -0.121. The number of likely N-dealkylation sites (tertiary alicyclic amines) is 1. The number of nitrogens with one attached hydrogen (secondary N) is 1. The summed E-state index contributed by atoms with van der Waals surface area (Å²) in [4.78, 5) is 19.7. The number of halogens is 2. The van der Waals surface area contributed by atoms with E-state index in [1.807, 2.05) is 25.1 Å². The van der Waals surface area contributed by atoms with Crippen molar-refractivity contribution in [2.24, 2.45) is 0 Å². The van der Waals surface area contributed by atoms with Crippen molar-refractivity contribution in [1.29, 1.82) is 0 Å². The van der Waals surface area contributed by atoms with E-state index in [1.54, 1.807) is 23.5 Å². The quantitative estimate of drug-likeness (QED) is 0.609. The van der Waals surface area contributed by atoms with Gasteiger partial charge in [0.15, 0.2) is 0 Å². The number of fused-ring (bicyclic) bond motifs is 1. The number of carbonyl (C=O) groups is 1. The van der Waals surface area contributed by atoms with Gasteiger partial charge in [-0.3, -0.25) is 9.69 Å². The zero-order valence-corrected chi connectivity index (χ0v) is 16.7. The van der Waals surface area contributed by atoms with Crippen LogP contribution in [0.5, 0.6) is 5.75 Å². The molecule has 0 bridgehead atoms. The summed E-state index contributed by atoms with van der Waals surface area (Å²) in [7, 11) is 0. The second kappa shape index (κ2) is 8.42. The van der Waals surface area contributed by atoms with Gasteiger partial charge in [-0.05, 0) is 62.7 Å². The van der Waals surface area contributed by atoms with Crippen molar-refractivity contribution >= 4 is 33.1 Å². The third-order valence-corrected chi connectivity index (χ3v) is 6.25. The van der Waals surface area contributed by atoms with Gasteiger partial charge in [0.05, 0.1) is 22.3 Å². The molecule has 29 heavy (non-hydrogen) atoms. The number of nitrogens with zero attached hydrogens (tertiary/aromatic N) is 2. The minimum Gasteiger partial charge on any atom is -0.435 e. The molecule has 0 spiro atoms. The Morgan fingerprint density at radius 2 is 2.00 bits per heavy atom. The Labute approximate surface area is 171 Å². The highest BCUT2D eigenvalue weighted by Gasteiger charge is 2.34. The maximum Gasteiger partial charge on any atom is 0.387 e. The molecule has 1 aromatic heterocycles. The lowest BCUT2D eigenvalue weighted by Gasteiger charge is -2.28. The first-order valence-corrected chi connectivity index (χ1v) is 10.3. The highest BCUT2D eigenvalue weighted by molar-refractivity contribution is 7.18. The Hall–Kier alpha value is -2.58. The van der Waals surface area contributed by atoms with Crippen molar-refractivity contribution in [1.82, 2.24) is 9.88 Å². The monoisotopic (exact) mass is 417 g/mol. The Morgan fingerprint density at radius 3 is 2.72 bits per heavy atom. The topological polar surface area (TPSA) is 54.5 Å². The largest absolute Gasteiger partial charge is 0.435 e. The fraction of sp³-hybridized carbons (Fsp3) is 0.333. The molecule has 3 aromatic rings. The standard InChI is InChI=1S/C21H21F2N3O2S/c1-13(19(27)24-14-8-10-15(11-9-14)28-21(22)23)26-12-4-6-17(26)20-25-16-5-2-3-7-18(16)29-20/h2-3,5,7-11,13,17,21H,4,6,12H2,1H3,(H,24,27). The second-order valence-electron chi connectivity index (χ2n) is 6.98. The molecular formula is C21H21F2N3O2S. The first kappa shape index (κ1) is 19.7. The molecule has 5 nitrogen and oxygen atoms in total. The van der Waals surface area contributed by atoms with Gasteiger partial charge >= 0.3 is 6.61 Å². The molecule has 2 aromatic carbocycles. The molecule has 8 heteroatoms. The number of hydrogen-bond acceptors (Lipinski definition) is 5. The Kier molecular flexibility index (Phi) is 5.73. The summed E-state index contributed by atoms with van der Waals surface area (Å²) in [6.45, 7) is -0.156. The number of benzene rings is 2. The van der Waals surface area contributed by atoms with Crippen LogP contribution in [-0.2, 0) is 4.79 Å². The third-order valence-electron chi connectivity index (χ3n) is 5.11. The van der Waals surface area contributed by atoms with Crippen molar-refractivity contribution in [3.05, 3.63) is 53.5 Å². The number of hydrogen-bond donors (Lipinski definition) is 1. The number of thiazole rings is 1. The summed E-state index contributed by atoms with van der Waals surface area (Å²) in [5.41, 5.74) is 1.53. The number of alkyl halides is 2. The molecule has 4 rings (SSSR count). The fourth-order valence-corrected chi connectivity index (χ4v) is 4.79. The maximum atomic E-state index is 12.8. The second-order valence-corrected chi connectivity index (χ2v) is 8.05. The zero-order valence-electron chi connectivity index (χ0n) is 15.8. The number of anilines is 1. The van der Waals surface area contributed by atoms with Gasteiger partial charge in [0.2, 0.25) is 5.91 Å². The Morgan fingerprint density at radius 1 is 1.24 bits per heavy atom. The molecular weight excluding hydrogens is 396 g/mol. The number of rotatable bonds is 6. The maximum absolute atomic E-state index is 12.8. The van der Waals surface area contributed by atoms with Gasteiger partial charge in [-0.15, -0.1) is 11.3 Å². The van der Waals surface area contributed by atoms with Crippen molar-refractivity contribution in [2.75, 3.05) is 11.9 Å². The SMILES string of the molecule is CC(C(=O)Nc1ccc(OC(F)F)cc1)N1CCCC1c1nc2ccccc2s1. The van der Waals surface area contributed by atoms with Crippen LogP contribution in [0.2, 0.25) is 0 Å². The Bertz CT molecular complexity index is 960. The van der Waals surface area contributed by atoms with Gasteiger partial charge in [0, 0.05) is 5.69 Å². The van der Waals surface area contributed by atoms with Crippen molar-refractivity contribution < 1.29 is 18.3 Å². The molecule has 2 atom stereocenters. The predicted molar refractivity (Wildman–Crippen MR) is 109 cm³/mol. The molecule has 1 saturated heterocycles. The molecule has 1 amide bonds.